The lowest BCUT2D eigenvalue weighted by molar-refractivity contribution is -0.907. The number of aromatic nitrogens is 2. The predicted octanol–water partition coefficient (Wildman–Crippen LogP) is 2.88. The number of carbonyl (C=O) groups excluding carboxylic acids is 1. The zero-order chi connectivity index (χ0) is 21.6. The van der Waals surface area contributed by atoms with Crippen LogP contribution in [0.2, 0.25) is 0 Å². The maximum Gasteiger partial charge on any atom is 0.283 e. The van der Waals surface area contributed by atoms with Gasteiger partial charge in [0, 0.05) is 0 Å². The van der Waals surface area contributed by atoms with Gasteiger partial charge in [0.2, 0.25) is 0 Å². The number of fused-ring (bicyclic) bond motifs is 1. The van der Waals surface area contributed by atoms with E-state index in [4.69, 9.17) is 8.83 Å². The van der Waals surface area contributed by atoms with Gasteiger partial charge in [-0.2, -0.15) is 0 Å². The van der Waals surface area contributed by atoms with E-state index in [1.54, 1.807) is 18.4 Å². The van der Waals surface area contributed by atoms with Gasteiger partial charge in [0.15, 0.2) is 18.8 Å². The third kappa shape index (κ3) is 5.41. The molecule has 2 atom stereocenters. The van der Waals surface area contributed by atoms with Crippen molar-refractivity contribution in [2.45, 2.75) is 58.5 Å². The Kier molecular flexibility index (Phi) is 6.82. The quantitative estimate of drug-likeness (QED) is 0.553. The van der Waals surface area contributed by atoms with E-state index in [0.717, 1.165) is 24.3 Å². The molecule has 1 aliphatic rings. The molecule has 0 saturated carbocycles. The number of amides is 1. The lowest BCUT2D eigenvalue weighted by Crippen LogP contribution is -3.12. The van der Waals surface area contributed by atoms with Crippen LogP contribution in [0.25, 0.3) is 11.7 Å². The highest BCUT2D eigenvalue weighted by Crippen LogP contribution is 2.24. The maximum atomic E-state index is 12.8. The van der Waals surface area contributed by atoms with Crippen molar-refractivity contribution in [2.24, 2.45) is 0 Å². The Bertz CT molecular complexity index is 996. The summed E-state index contributed by atoms with van der Waals surface area (Å²) in [5.41, 5.74) is 4.07. The normalized spacial score (nSPS) is 15.3. The van der Waals surface area contributed by atoms with Crippen molar-refractivity contribution in [3.05, 3.63) is 59.2 Å². The average Bonchev–Trinajstić information content (AvgIpc) is 3.45. The molecule has 0 radical (unpaired) electrons. The highest BCUT2D eigenvalue weighted by Gasteiger charge is 2.21. The second kappa shape index (κ2) is 9.92. The van der Waals surface area contributed by atoms with Crippen LogP contribution in [0.5, 0.6) is 0 Å². The largest absolute Gasteiger partial charge is 0.459 e. The number of carbonyl (C=O) groups is 1. The van der Waals surface area contributed by atoms with Crippen LogP contribution in [0.4, 0.5) is 0 Å². The van der Waals surface area contributed by atoms with Gasteiger partial charge in [-0.3, -0.25) is 4.79 Å². The number of rotatable bonds is 9. The van der Waals surface area contributed by atoms with E-state index in [1.165, 1.54) is 36.0 Å². The van der Waals surface area contributed by atoms with Gasteiger partial charge in [-0.1, -0.05) is 25.1 Å². The standard InChI is InChI=1S/C24H30N4O3/c1-3-12-28(16-23-26-27-24(31-23)21-9-6-13-30-21)15-22(29)25-17(2)19-11-10-18-7-4-5-8-20(18)14-19/h6,9-11,13-14,17H,3-5,7-8,12,15-16H2,1-2H3,(H,25,29)/p+1/t17-/m0/s1. The smallest absolute Gasteiger partial charge is 0.283 e. The summed E-state index contributed by atoms with van der Waals surface area (Å²) in [5, 5.41) is 11.3. The Morgan fingerprint density at radius 3 is 2.81 bits per heavy atom. The van der Waals surface area contributed by atoms with Crippen molar-refractivity contribution in [1.82, 2.24) is 15.5 Å². The van der Waals surface area contributed by atoms with Crippen molar-refractivity contribution < 1.29 is 18.5 Å². The topological polar surface area (TPSA) is 85.6 Å². The Hall–Kier alpha value is -2.93. The fraction of sp³-hybridized carbons (Fsp3) is 0.458. The molecule has 0 spiro atoms. The van der Waals surface area contributed by atoms with Gasteiger partial charge < -0.3 is 19.1 Å². The Balaban J connectivity index is 1.35. The van der Waals surface area contributed by atoms with Crippen LogP contribution in [-0.2, 0) is 24.2 Å². The van der Waals surface area contributed by atoms with Crippen LogP contribution in [0.3, 0.4) is 0 Å². The minimum Gasteiger partial charge on any atom is -0.459 e. The lowest BCUT2D eigenvalue weighted by Gasteiger charge is -2.21. The Morgan fingerprint density at radius 2 is 2.03 bits per heavy atom. The molecule has 7 heteroatoms. The number of nitrogens with one attached hydrogen (secondary N) is 2. The summed E-state index contributed by atoms with van der Waals surface area (Å²) in [4.78, 5) is 13.9. The predicted molar refractivity (Wildman–Crippen MR) is 116 cm³/mol. The van der Waals surface area contributed by atoms with Gasteiger partial charge in [-0.05, 0) is 67.9 Å². The highest BCUT2D eigenvalue weighted by molar-refractivity contribution is 5.77. The van der Waals surface area contributed by atoms with Crippen molar-refractivity contribution in [3.63, 3.8) is 0 Å². The van der Waals surface area contributed by atoms with Gasteiger partial charge in [0.1, 0.15) is 0 Å². The first-order valence-electron chi connectivity index (χ1n) is 11.2. The molecule has 2 heterocycles. The minimum atomic E-state index is -0.0171. The van der Waals surface area contributed by atoms with E-state index in [1.807, 2.05) is 0 Å². The van der Waals surface area contributed by atoms with E-state index in [0.29, 0.717) is 30.6 Å². The third-order valence-corrected chi connectivity index (χ3v) is 5.86. The van der Waals surface area contributed by atoms with Crippen LogP contribution in [-0.4, -0.2) is 29.2 Å². The molecule has 1 aliphatic carbocycles. The van der Waals surface area contributed by atoms with Gasteiger partial charge >= 0.3 is 0 Å². The molecule has 3 aromatic rings. The van der Waals surface area contributed by atoms with Crippen molar-refractivity contribution in [1.29, 1.82) is 0 Å². The van der Waals surface area contributed by atoms with Crippen LogP contribution in [0.1, 0.15) is 61.7 Å². The fourth-order valence-electron chi connectivity index (χ4n) is 4.26. The first kappa shape index (κ1) is 21.3. The minimum absolute atomic E-state index is 0.0171. The summed E-state index contributed by atoms with van der Waals surface area (Å²) in [6, 6.07) is 10.2. The zero-order valence-electron chi connectivity index (χ0n) is 18.3. The van der Waals surface area contributed by atoms with Gasteiger partial charge in [0.25, 0.3) is 17.7 Å². The molecule has 0 fully saturated rings. The molecule has 2 N–H and O–H groups in total. The number of quaternary nitrogens is 1. The molecule has 1 unspecified atom stereocenters. The number of aryl methyl sites for hydroxylation is 2. The molecule has 164 valence electrons. The summed E-state index contributed by atoms with van der Waals surface area (Å²) >= 11 is 0. The summed E-state index contributed by atoms with van der Waals surface area (Å²) < 4.78 is 11.0. The molecular weight excluding hydrogens is 392 g/mol. The molecular formula is C24H31N4O3+. The van der Waals surface area contributed by atoms with Crippen LogP contribution < -0.4 is 10.2 Å². The average molecular weight is 424 g/mol. The maximum absolute atomic E-state index is 12.8. The molecule has 1 aromatic carbocycles. The number of furan rings is 1. The first-order chi connectivity index (χ1) is 15.1. The van der Waals surface area contributed by atoms with Crippen molar-refractivity contribution in [2.75, 3.05) is 13.1 Å². The number of benzene rings is 1. The van der Waals surface area contributed by atoms with E-state index in [9.17, 15) is 4.79 Å². The summed E-state index contributed by atoms with van der Waals surface area (Å²) in [6.45, 7) is 5.87. The lowest BCUT2D eigenvalue weighted by atomic mass is 9.89. The van der Waals surface area contributed by atoms with E-state index >= 15 is 0 Å². The first-order valence-corrected chi connectivity index (χ1v) is 11.2. The molecule has 31 heavy (non-hydrogen) atoms. The second-order valence-electron chi connectivity index (χ2n) is 8.36. The monoisotopic (exact) mass is 423 g/mol. The van der Waals surface area contributed by atoms with E-state index in [2.05, 4.69) is 47.6 Å². The molecule has 0 bridgehead atoms. The summed E-state index contributed by atoms with van der Waals surface area (Å²) in [6.07, 6.45) is 7.37. The highest BCUT2D eigenvalue weighted by atomic mass is 16.4. The fourth-order valence-corrected chi connectivity index (χ4v) is 4.26. The Labute approximate surface area is 182 Å². The third-order valence-electron chi connectivity index (χ3n) is 5.86. The van der Waals surface area contributed by atoms with E-state index < -0.39 is 0 Å². The van der Waals surface area contributed by atoms with Crippen molar-refractivity contribution in [3.8, 4) is 11.7 Å². The zero-order valence-corrected chi connectivity index (χ0v) is 18.3. The number of nitrogens with zero attached hydrogens (tertiary/aromatic N) is 2. The van der Waals surface area contributed by atoms with Gasteiger partial charge in [-0.25, -0.2) is 0 Å². The van der Waals surface area contributed by atoms with Gasteiger partial charge in [0.05, 0.1) is 18.8 Å². The molecule has 2 aromatic heterocycles. The molecule has 4 rings (SSSR count). The molecule has 1 amide bonds. The van der Waals surface area contributed by atoms with Gasteiger partial charge in [-0.15, -0.1) is 10.2 Å². The molecule has 0 saturated heterocycles. The van der Waals surface area contributed by atoms with Crippen LogP contribution in [0, 0.1) is 0 Å². The van der Waals surface area contributed by atoms with Crippen LogP contribution in [0.15, 0.2) is 45.4 Å². The summed E-state index contributed by atoms with van der Waals surface area (Å²) in [5.74, 6) is 1.44. The Morgan fingerprint density at radius 1 is 1.19 bits per heavy atom. The summed E-state index contributed by atoms with van der Waals surface area (Å²) in [7, 11) is 0. The number of hydrogen-bond acceptors (Lipinski definition) is 5. The SMILES string of the molecule is CCC[NH+](CC(=O)N[C@@H](C)c1ccc2c(c1)CCCC2)Cc1nnc(-c2ccco2)o1. The van der Waals surface area contributed by atoms with Crippen LogP contribution >= 0.6 is 0 Å². The van der Waals surface area contributed by atoms with Crippen molar-refractivity contribution >= 4 is 5.91 Å². The second-order valence-corrected chi connectivity index (χ2v) is 8.36. The van der Waals surface area contributed by atoms with E-state index in [-0.39, 0.29) is 11.9 Å². The molecule has 7 nitrogen and oxygen atoms in total. The number of hydrogen-bond donors (Lipinski definition) is 2. The molecule has 0 aliphatic heterocycles.